The van der Waals surface area contributed by atoms with E-state index >= 15 is 0 Å². The summed E-state index contributed by atoms with van der Waals surface area (Å²) in [6.45, 7) is 1.53. The molecule has 5 rings (SSSR count). The van der Waals surface area contributed by atoms with E-state index in [4.69, 9.17) is 4.74 Å². The molecule has 2 aliphatic heterocycles. The molecule has 0 unspecified atom stereocenters. The van der Waals surface area contributed by atoms with E-state index in [1.165, 1.54) is 23.8 Å². The van der Waals surface area contributed by atoms with E-state index in [2.05, 4.69) is 21.4 Å². The molecule has 0 saturated heterocycles. The van der Waals surface area contributed by atoms with Crippen LogP contribution in [0.5, 0.6) is 0 Å². The van der Waals surface area contributed by atoms with E-state index in [0.717, 1.165) is 17.7 Å². The van der Waals surface area contributed by atoms with Gasteiger partial charge in [-0.15, -0.1) is 0 Å². The number of carbonyl (C=O) groups is 1. The van der Waals surface area contributed by atoms with Crippen molar-refractivity contribution in [1.29, 1.82) is 0 Å². The lowest BCUT2D eigenvalue weighted by Crippen LogP contribution is -2.14. The van der Waals surface area contributed by atoms with Gasteiger partial charge in [-0.2, -0.15) is 0 Å². The van der Waals surface area contributed by atoms with Crippen LogP contribution in [-0.4, -0.2) is 29.1 Å². The molecule has 1 N–H and O–H groups in total. The summed E-state index contributed by atoms with van der Waals surface area (Å²) in [6, 6.07) is 9.20. The van der Waals surface area contributed by atoms with Gasteiger partial charge in [-0.25, -0.2) is 13.8 Å². The third kappa shape index (κ3) is 3.72. The molecule has 0 aliphatic carbocycles. The van der Waals surface area contributed by atoms with Gasteiger partial charge in [0.05, 0.1) is 42.3 Å². The quantitative estimate of drug-likeness (QED) is 0.693. The number of rotatable bonds is 4. The average molecular weight is 419 g/mol. The molecule has 31 heavy (non-hydrogen) atoms. The summed E-state index contributed by atoms with van der Waals surface area (Å²) >= 11 is 0. The number of nitrogens with zero attached hydrogens (tertiary/aromatic N) is 2. The maximum Gasteiger partial charge on any atom is 0.253 e. The lowest BCUT2D eigenvalue weighted by Gasteiger charge is -2.14. The Morgan fingerprint density at radius 1 is 1.10 bits per heavy atom. The summed E-state index contributed by atoms with van der Waals surface area (Å²) < 4.78 is 34.1. The van der Waals surface area contributed by atoms with Gasteiger partial charge in [0, 0.05) is 18.3 Å². The average Bonchev–Trinajstić information content (AvgIpc) is 3.16. The lowest BCUT2D eigenvalue weighted by molar-refractivity contribution is 0.0965. The van der Waals surface area contributed by atoms with Gasteiger partial charge in [0.2, 0.25) is 0 Å². The molecule has 0 saturated carbocycles. The number of carbonyl (C=O) groups excluding carboxylic acids is 1. The van der Waals surface area contributed by atoms with Crippen LogP contribution in [0.1, 0.15) is 39.3 Å². The minimum atomic E-state index is -0.692. The number of amides is 1. The van der Waals surface area contributed by atoms with Crippen LogP contribution in [-0.2, 0) is 17.7 Å². The summed E-state index contributed by atoms with van der Waals surface area (Å²) in [7, 11) is 0. The molecule has 1 amide bonds. The molecule has 0 radical (unpaired) electrons. The largest absolute Gasteiger partial charge is 0.377 e. The standard InChI is InChI=1S/C24H19F2N3O2/c25-18-2-1-3-19(26)23(18)20-11-16(22-21(29-20)13-28-24(22)30)10-17-5-4-15(12-27-17)14-6-8-31-9-7-14/h1-6,11-12H,7-10,13H2,(H,28,30). The van der Waals surface area contributed by atoms with Crippen molar-refractivity contribution in [3.8, 4) is 11.3 Å². The summed E-state index contributed by atoms with van der Waals surface area (Å²) in [6.07, 6.45) is 5.06. The van der Waals surface area contributed by atoms with Gasteiger partial charge in [-0.05, 0) is 47.4 Å². The normalized spacial score (nSPS) is 15.4. The molecule has 0 spiro atoms. The van der Waals surface area contributed by atoms with Crippen LogP contribution >= 0.6 is 0 Å². The number of pyridine rings is 2. The van der Waals surface area contributed by atoms with Crippen molar-refractivity contribution < 1.29 is 18.3 Å². The molecule has 0 fully saturated rings. The first-order valence-electron chi connectivity index (χ1n) is 10.1. The van der Waals surface area contributed by atoms with Crippen LogP contribution in [0.3, 0.4) is 0 Å². The Bertz CT molecular complexity index is 1190. The van der Waals surface area contributed by atoms with Crippen molar-refractivity contribution in [2.75, 3.05) is 13.2 Å². The zero-order valence-corrected chi connectivity index (χ0v) is 16.6. The number of fused-ring (bicyclic) bond motifs is 1. The number of nitrogens with one attached hydrogen (secondary N) is 1. The SMILES string of the molecule is O=C1NCc2nc(-c3c(F)cccc3F)cc(Cc3ccc(C4=CCOCC4)cn3)c21. The van der Waals surface area contributed by atoms with E-state index in [1.54, 1.807) is 6.07 Å². The number of hydrogen-bond donors (Lipinski definition) is 1. The van der Waals surface area contributed by atoms with Gasteiger partial charge in [0.1, 0.15) is 11.6 Å². The molecule has 2 aromatic heterocycles. The van der Waals surface area contributed by atoms with Gasteiger partial charge in [0.15, 0.2) is 0 Å². The summed E-state index contributed by atoms with van der Waals surface area (Å²) in [5.41, 5.74) is 4.56. The molecule has 0 bridgehead atoms. The second-order valence-corrected chi connectivity index (χ2v) is 7.54. The maximum atomic E-state index is 14.4. The van der Waals surface area contributed by atoms with E-state index in [1.807, 2.05) is 18.3 Å². The number of ether oxygens (including phenoxy) is 1. The number of hydrogen-bond acceptors (Lipinski definition) is 4. The Hall–Kier alpha value is -3.45. The van der Waals surface area contributed by atoms with Crippen LogP contribution in [0.15, 0.2) is 48.7 Å². The van der Waals surface area contributed by atoms with E-state index in [9.17, 15) is 13.6 Å². The third-order valence-electron chi connectivity index (χ3n) is 5.57. The van der Waals surface area contributed by atoms with Gasteiger partial charge >= 0.3 is 0 Å². The molecular formula is C24H19F2N3O2. The molecule has 0 atom stereocenters. The first-order chi connectivity index (χ1) is 15.1. The predicted molar refractivity (Wildman–Crippen MR) is 111 cm³/mol. The fourth-order valence-electron chi connectivity index (χ4n) is 4.03. The number of halogens is 2. The highest BCUT2D eigenvalue weighted by atomic mass is 19.1. The van der Waals surface area contributed by atoms with Gasteiger partial charge in [0.25, 0.3) is 5.91 Å². The van der Waals surface area contributed by atoms with E-state index in [-0.39, 0.29) is 23.7 Å². The fraction of sp³-hybridized carbons (Fsp3) is 0.208. The van der Waals surface area contributed by atoms with Crippen LogP contribution in [0.25, 0.3) is 16.8 Å². The highest BCUT2D eigenvalue weighted by Crippen LogP contribution is 2.30. The second-order valence-electron chi connectivity index (χ2n) is 7.54. The second kappa shape index (κ2) is 8.00. The summed E-state index contributed by atoms with van der Waals surface area (Å²) in [4.78, 5) is 21.3. The summed E-state index contributed by atoms with van der Waals surface area (Å²) in [5.74, 6) is -1.62. The minimum Gasteiger partial charge on any atom is -0.377 e. The number of aromatic nitrogens is 2. The Balaban J connectivity index is 1.52. The first kappa shape index (κ1) is 19.5. The van der Waals surface area contributed by atoms with Crippen LogP contribution in [0.2, 0.25) is 0 Å². The zero-order chi connectivity index (χ0) is 21.4. The third-order valence-corrected chi connectivity index (χ3v) is 5.57. The number of benzene rings is 1. The van der Waals surface area contributed by atoms with Gasteiger partial charge < -0.3 is 10.1 Å². The lowest BCUT2D eigenvalue weighted by atomic mass is 9.98. The predicted octanol–water partition coefficient (Wildman–Crippen LogP) is 4.06. The molecule has 3 aromatic rings. The fourth-order valence-corrected chi connectivity index (χ4v) is 4.03. The van der Waals surface area contributed by atoms with Crippen molar-refractivity contribution >= 4 is 11.5 Å². The Labute approximate surface area is 177 Å². The van der Waals surface area contributed by atoms with Crippen molar-refractivity contribution in [3.63, 3.8) is 0 Å². The summed E-state index contributed by atoms with van der Waals surface area (Å²) in [5, 5.41) is 2.74. The van der Waals surface area contributed by atoms with Crippen molar-refractivity contribution in [3.05, 3.63) is 88.4 Å². The smallest absolute Gasteiger partial charge is 0.253 e. The zero-order valence-electron chi connectivity index (χ0n) is 16.6. The Kier molecular flexibility index (Phi) is 5.03. The Morgan fingerprint density at radius 3 is 2.65 bits per heavy atom. The molecule has 5 nitrogen and oxygen atoms in total. The topological polar surface area (TPSA) is 64.1 Å². The van der Waals surface area contributed by atoms with Crippen molar-refractivity contribution in [2.24, 2.45) is 0 Å². The van der Waals surface area contributed by atoms with Crippen molar-refractivity contribution in [1.82, 2.24) is 15.3 Å². The van der Waals surface area contributed by atoms with E-state index < -0.39 is 11.6 Å². The Morgan fingerprint density at radius 2 is 1.94 bits per heavy atom. The highest BCUT2D eigenvalue weighted by Gasteiger charge is 2.27. The van der Waals surface area contributed by atoms with Crippen molar-refractivity contribution in [2.45, 2.75) is 19.4 Å². The molecular weight excluding hydrogens is 400 g/mol. The maximum absolute atomic E-state index is 14.4. The molecule has 156 valence electrons. The monoisotopic (exact) mass is 419 g/mol. The molecule has 1 aromatic carbocycles. The highest BCUT2D eigenvalue weighted by molar-refractivity contribution is 5.99. The molecule has 7 heteroatoms. The van der Waals surface area contributed by atoms with E-state index in [0.29, 0.717) is 36.5 Å². The van der Waals surface area contributed by atoms with Gasteiger partial charge in [-0.1, -0.05) is 18.2 Å². The molecule has 4 heterocycles. The van der Waals surface area contributed by atoms with Crippen LogP contribution < -0.4 is 5.32 Å². The van der Waals surface area contributed by atoms with Crippen LogP contribution in [0, 0.1) is 11.6 Å². The van der Waals surface area contributed by atoms with Gasteiger partial charge in [-0.3, -0.25) is 9.78 Å². The van der Waals surface area contributed by atoms with Crippen LogP contribution in [0.4, 0.5) is 8.78 Å². The first-order valence-corrected chi connectivity index (χ1v) is 10.1. The minimum absolute atomic E-state index is 0.171. The molecule has 2 aliphatic rings.